The van der Waals surface area contributed by atoms with E-state index in [1.165, 1.54) is 11.8 Å². The van der Waals surface area contributed by atoms with Gasteiger partial charge in [0.05, 0.1) is 19.1 Å². The van der Waals surface area contributed by atoms with E-state index in [9.17, 15) is 14.7 Å². The number of hydrogen-bond acceptors (Lipinski definition) is 5. The van der Waals surface area contributed by atoms with Crippen molar-refractivity contribution in [1.29, 1.82) is 0 Å². The fraction of sp³-hybridized carbons (Fsp3) is 0.867. The summed E-state index contributed by atoms with van der Waals surface area (Å²) in [6.45, 7) is 2.49. The zero-order valence-electron chi connectivity index (χ0n) is 12.3. The molecule has 1 aliphatic rings. The summed E-state index contributed by atoms with van der Waals surface area (Å²) in [5, 5.41) is 9.62. The Labute approximate surface area is 125 Å². The van der Waals surface area contributed by atoms with Crippen molar-refractivity contribution in [3.05, 3.63) is 0 Å². The molecule has 20 heavy (non-hydrogen) atoms. The fourth-order valence-electron chi connectivity index (χ4n) is 2.30. The van der Waals surface area contributed by atoms with Gasteiger partial charge in [-0.05, 0) is 31.6 Å². The van der Waals surface area contributed by atoms with E-state index in [2.05, 4.69) is 0 Å². The predicted molar refractivity (Wildman–Crippen MR) is 80.5 cm³/mol. The molecule has 1 rings (SSSR count). The van der Waals surface area contributed by atoms with Crippen molar-refractivity contribution < 1.29 is 19.4 Å². The molecule has 0 radical (unpaired) electrons. The van der Waals surface area contributed by atoms with Crippen LogP contribution in [0.4, 0.5) is 0 Å². The number of carbonyl (C=O) groups excluding carboxylic acids is 2. The van der Waals surface area contributed by atoms with Gasteiger partial charge in [0.2, 0.25) is 0 Å². The largest absolute Gasteiger partial charge is 0.466 e. The molecule has 0 saturated heterocycles. The van der Waals surface area contributed by atoms with E-state index in [0.29, 0.717) is 12.5 Å². The first-order valence-electron chi connectivity index (χ1n) is 7.61. The summed E-state index contributed by atoms with van der Waals surface area (Å²) in [6.07, 6.45) is 5.94. The van der Waals surface area contributed by atoms with Crippen LogP contribution in [0.15, 0.2) is 0 Å². The number of ether oxygens (including phenoxy) is 1. The van der Waals surface area contributed by atoms with Crippen LogP contribution in [0.25, 0.3) is 0 Å². The highest BCUT2D eigenvalue weighted by molar-refractivity contribution is 8.13. The zero-order chi connectivity index (χ0) is 14.8. The molecule has 2 unspecified atom stereocenters. The van der Waals surface area contributed by atoms with Crippen LogP contribution in [-0.4, -0.2) is 34.7 Å². The van der Waals surface area contributed by atoms with E-state index in [1.54, 1.807) is 0 Å². The van der Waals surface area contributed by atoms with Crippen LogP contribution < -0.4 is 0 Å². The number of hydrogen-bond donors (Lipinski definition) is 1. The van der Waals surface area contributed by atoms with Crippen LogP contribution in [0.1, 0.15) is 58.3 Å². The molecular formula is C15H26O4S. The molecule has 0 aromatic rings. The monoisotopic (exact) mass is 302 g/mol. The summed E-state index contributed by atoms with van der Waals surface area (Å²) in [4.78, 5) is 23.0. The Hall–Kier alpha value is -0.550. The van der Waals surface area contributed by atoms with Crippen LogP contribution in [0.3, 0.4) is 0 Å². The second-order valence-electron chi connectivity index (χ2n) is 5.44. The summed E-state index contributed by atoms with van der Waals surface area (Å²) in [5.41, 5.74) is 0. The van der Waals surface area contributed by atoms with E-state index in [4.69, 9.17) is 4.74 Å². The number of carbonyl (C=O) groups is 2. The number of unbranched alkanes of at least 4 members (excludes halogenated alkanes) is 1. The minimum atomic E-state index is -0.277. The van der Waals surface area contributed by atoms with Crippen molar-refractivity contribution in [2.45, 2.75) is 64.4 Å². The lowest BCUT2D eigenvalue weighted by molar-refractivity contribution is -0.144. The van der Waals surface area contributed by atoms with Gasteiger partial charge in [-0.1, -0.05) is 31.5 Å². The van der Waals surface area contributed by atoms with Gasteiger partial charge in [-0.15, -0.1) is 0 Å². The lowest BCUT2D eigenvalue weighted by atomic mass is 9.89. The maximum atomic E-state index is 11.7. The summed E-state index contributed by atoms with van der Waals surface area (Å²) >= 11 is 1.30. The Balaban J connectivity index is 2.06. The number of aliphatic hydroxyl groups is 1. The minimum absolute atomic E-state index is 0.0532. The Morgan fingerprint density at radius 3 is 2.80 bits per heavy atom. The van der Waals surface area contributed by atoms with Gasteiger partial charge in [0.1, 0.15) is 0 Å². The molecule has 0 aliphatic heterocycles. The molecule has 0 heterocycles. The molecule has 0 amide bonds. The van der Waals surface area contributed by atoms with Crippen molar-refractivity contribution in [3.63, 3.8) is 0 Å². The van der Waals surface area contributed by atoms with E-state index in [0.717, 1.165) is 44.3 Å². The summed E-state index contributed by atoms with van der Waals surface area (Å²) in [6, 6.07) is 0. The molecule has 0 aromatic heterocycles. The molecular weight excluding hydrogens is 276 g/mol. The molecule has 1 fully saturated rings. The molecule has 4 nitrogen and oxygen atoms in total. The van der Waals surface area contributed by atoms with Crippen LogP contribution in [0.2, 0.25) is 0 Å². The molecule has 0 aromatic carbocycles. The van der Waals surface area contributed by atoms with Crippen molar-refractivity contribution in [2.75, 3.05) is 12.4 Å². The standard InChI is InChI=1S/C15H26O4S/c1-2-3-9-19-14(17)7-8-15(18)20-11-12-5-4-6-13(16)10-12/h12-13,16H,2-11H2,1H3. The first-order valence-corrected chi connectivity index (χ1v) is 8.59. The predicted octanol–water partition coefficient (Wildman–Crippen LogP) is 2.92. The highest BCUT2D eigenvalue weighted by Gasteiger charge is 2.21. The smallest absolute Gasteiger partial charge is 0.306 e. The maximum absolute atomic E-state index is 11.7. The molecule has 1 aliphatic carbocycles. The highest BCUT2D eigenvalue weighted by atomic mass is 32.2. The third-order valence-corrected chi connectivity index (χ3v) is 4.69. The lowest BCUT2D eigenvalue weighted by Gasteiger charge is -2.25. The molecule has 0 bridgehead atoms. The molecule has 1 saturated carbocycles. The van der Waals surface area contributed by atoms with Crippen molar-refractivity contribution in [3.8, 4) is 0 Å². The summed E-state index contributed by atoms with van der Waals surface area (Å²) in [5.74, 6) is 0.922. The number of esters is 1. The van der Waals surface area contributed by atoms with Gasteiger partial charge < -0.3 is 9.84 Å². The van der Waals surface area contributed by atoms with Gasteiger partial charge >= 0.3 is 5.97 Å². The first-order chi connectivity index (χ1) is 9.61. The molecule has 116 valence electrons. The third-order valence-electron chi connectivity index (χ3n) is 3.53. The molecule has 1 N–H and O–H groups in total. The van der Waals surface area contributed by atoms with Crippen LogP contribution >= 0.6 is 11.8 Å². The van der Waals surface area contributed by atoms with E-state index < -0.39 is 0 Å². The SMILES string of the molecule is CCCCOC(=O)CCC(=O)SCC1CCCC(O)C1. The third kappa shape index (κ3) is 7.90. The lowest BCUT2D eigenvalue weighted by Crippen LogP contribution is -2.21. The molecule has 0 spiro atoms. The summed E-state index contributed by atoms with van der Waals surface area (Å²) < 4.78 is 5.01. The van der Waals surface area contributed by atoms with E-state index >= 15 is 0 Å². The van der Waals surface area contributed by atoms with Crippen molar-refractivity contribution in [1.82, 2.24) is 0 Å². The van der Waals surface area contributed by atoms with Gasteiger partial charge in [0.15, 0.2) is 5.12 Å². The average molecular weight is 302 g/mol. The summed E-state index contributed by atoms with van der Waals surface area (Å²) in [7, 11) is 0. The number of thioether (sulfide) groups is 1. The van der Waals surface area contributed by atoms with Gasteiger partial charge in [-0.25, -0.2) is 0 Å². The number of aliphatic hydroxyl groups excluding tert-OH is 1. The zero-order valence-corrected chi connectivity index (χ0v) is 13.1. The Morgan fingerprint density at radius 2 is 2.10 bits per heavy atom. The second kappa shape index (κ2) is 10.2. The topological polar surface area (TPSA) is 63.6 Å². The number of rotatable bonds is 8. The van der Waals surface area contributed by atoms with E-state index in [1.807, 2.05) is 6.92 Å². The normalized spacial score (nSPS) is 22.5. The fourth-order valence-corrected chi connectivity index (χ4v) is 3.27. The van der Waals surface area contributed by atoms with Crippen LogP contribution in [-0.2, 0) is 14.3 Å². The van der Waals surface area contributed by atoms with Gasteiger partial charge in [0, 0.05) is 12.2 Å². The Morgan fingerprint density at radius 1 is 1.30 bits per heavy atom. The average Bonchev–Trinajstić information content (AvgIpc) is 2.43. The van der Waals surface area contributed by atoms with Gasteiger partial charge in [-0.2, -0.15) is 0 Å². The Kier molecular flexibility index (Phi) is 8.94. The van der Waals surface area contributed by atoms with Gasteiger partial charge in [0.25, 0.3) is 0 Å². The molecule has 2 atom stereocenters. The Bertz CT molecular complexity index is 306. The minimum Gasteiger partial charge on any atom is -0.466 e. The quantitative estimate of drug-likeness (QED) is 0.552. The van der Waals surface area contributed by atoms with Crippen LogP contribution in [0, 0.1) is 5.92 Å². The second-order valence-corrected chi connectivity index (χ2v) is 6.52. The molecule has 5 heteroatoms. The van der Waals surface area contributed by atoms with E-state index in [-0.39, 0.29) is 30.0 Å². The highest BCUT2D eigenvalue weighted by Crippen LogP contribution is 2.27. The van der Waals surface area contributed by atoms with Gasteiger partial charge in [-0.3, -0.25) is 9.59 Å². The maximum Gasteiger partial charge on any atom is 0.306 e. The first kappa shape index (κ1) is 17.5. The van der Waals surface area contributed by atoms with Crippen molar-refractivity contribution >= 4 is 22.8 Å². The van der Waals surface area contributed by atoms with Crippen LogP contribution in [0.5, 0.6) is 0 Å². The van der Waals surface area contributed by atoms with Crippen molar-refractivity contribution in [2.24, 2.45) is 5.92 Å².